The molecule has 0 aliphatic heterocycles. The molecule has 0 bridgehead atoms. The van der Waals surface area contributed by atoms with Crippen LogP contribution in [0.1, 0.15) is 28.1 Å². The van der Waals surface area contributed by atoms with Crippen LogP contribution in [-0.4, -0.2) is 104 Å². The summed E-state index contributed by atoms with van der Waals surface area (Å²) >= 11 is 0. The highest BCUT2D eigenvalue weighted by molar-refractivity contribution is 6.32. The van der Waals surface area contributed by atoms with Gasteiger partial charge in [-0.3, -0.25) is 28.9 Å². The number of benzene rings is 1. The highest BCUT2D eigenvalue weighted by atomic mass is 16.5. The highest BCUT2D eigenvalue weighted by Crippen LogP contribution is 2.53. The Kier molecular flexibility index (Phi) is 8.27. The molecule has 236 valence electrons. The summed E-state index contributed by atoms with van der Waals surface area (Å²) in [6, 6.07) is 3.98. The third-order valence-corrected chi connectivity index (χ3v) is 9.23. The number of fused-ring (bicyclic) bond motifs is 3. The molecular formula is C31H38N4O9. The van der Waals surface area contributed by atoms with E-state index in [1.54, 1.807) is 58.4 Å². The fraction of sp³-hybridized carbons (Fsp3) is 0.516. The number of carbonyl (C=O) groups is 5. The van der Waals surface area contributed by atoms with Crippen LogP contribution in [-0.2, 0) is 36.9 Å². The zero-order valence-corrected chi connectivity index (χ0v) is 25.4. The zero-order chi connectivity index (χ0) is 32.2. The van der Waals surface area contributed by atoms with Crippen LogP contribution in [0, 0.1) is 23.7 Å². The van der Waals surface area contributed by atoms with Gasteiger partial charge in [0.1, 0.15) is 17.3 Å². The Bertz CT molecular complexity index is 1550. The maximum Gasteiger partial charge on any atom is 0.235 e. The third-order valence-electron chi connectivity index (χ3n) is 9.23. The molecule has 1 aromatic carbocycles. The van der Waals surface area contributed by atoms with Gasteiger partial charge >= 0.3 is 0 Å². The number of anilines is 1. The number of carbonyl (C=O) groups excluding carboxylic acids is 5. The van der Waals surface area contributed by atoms with E-state index in [4.69, 9.17) is 14.9 Å². The van der Waals surface area contributed by atoms with E-state index in [1.807, 2.05) is 0 Å². The van der Waals surface area contributed by atoms with Gasteiger partial charge in [-0.05, 0) is 56.6 Å². The number of furan rings is 1. The smallest absolute Gasteiger partial charge is 0.235 e. The second kappa shape index (κ2) is 11.5. The molecule has 5 rings (SSSR count). The van der Waals surface area contributed by atoms with E-state index in [9.17, 15) is 34.2 Å². The molecule has 0 spiro atoms. The first-order chi connectivity index (χ1) is 20.7. The van der Waals surface area contributed by atoms with Crippen LogP contribution < -0.4 is 16.0 Å². The summed E-state index contributed by atoms with van der Waals surface area (Å²) in [4.78, 5) is 70.6. The van der Waals surface area contributed by atoms with Crippen molar-refractivity contribution in [2.45, 2.75) is 31.0 Å². The lowest BCUT2D eigenvalue weighted by atomic mass is 9.52. The van der Waals surface area contributed by atoms with Gasteiger partial charge in [0.25, 0.3) is 0 Å². The molecule has 1 aromatic heterocycles. The normalized spacial score (nSPS) is 28.1. The van der Waals surface area contributed by atoms with Crippen molar-refractivity contribution in [1.82, 2.24) is 10.2 Å². The molecule has 13 heteroatoms. The Hall–Kier alpha value is -3.91. The lowest BCUT2D eigenvalue weighted by Crippen LogP contribution is -2.74. The molecule has 44 heavy (non-hydrogen) atoms. The van der Waals surface area contributed by atoms with E-state index in [2.05, 4.69) is 5.32 Å². The SMILES string of the molecule is COCCNCc1ccc(-c2cc(N(C)C)c3c(c2O)C(=O)C2C(=O)[C@]4(O)C(=O)C(C(N)=O)C(=O)[C@@H](N(C)C)[C@@H]4C[C@@H]2C3)o1. The molecule has 2 aromatic rings. The number of nitrogens with one attached hydrogen (secondary N) is 1. The summed E-state index contributed by atoms with van der Waals surface area (Å²) in [7, 11) is 8.27. The minimum atomic E-state index is -2.78. The van der Waals surface area contributed by atoms with Gasteiger partial charge in [-0.2, -0.15) is 0 Å². The fourth-order valence-electron chi connectivity index (χ4n) is 7.24. The van der Waals surface area contributed by atoms with Gasteiger partial charge < -0.3 is 35.3 Å². The number of methoxy groups -OCH3 is 1. The van der Waals surface area contributed by atoms with Crippen LogP contribution in [0.3, 0.4) is 0 Å². The number of phenolic OH excluding ortho intramolecular Hbond substituents is 1. The Morgan fingerprint density at radius 2 is 1.86 bits per heavy atom. The molecule has 2 saturated carbocycles. The number of amides is 1. The van der Waals surface area contributed by atoms with Crippen LogP contribution >= 0.6 is 0 Å². The second-order valence-electron chi connectivity index (χ2n) is 12.3. The minimum Gasteiger partial charge on any atom is -0.506 e. The zero-order valence-electron chi connectivity index (χ0n) is 25.4. The predicted molar refractivity (Wildman–Crippen MR) is 157 cm³/mol. The first-order valence-corrected chi connectivity index (χ1v) is 14.4. The van der Waals surface area contributed by atoms with E-state index in [1.165, 1.54) is 4.90 Å². The largest absolute Gasteiger partial charge is 0.506 e. The average molecular weight is 611 g/mol. The first-order valence-electron chi connectivity index (χ1n) is 14.4. The van der Waals surface area contributed by atoms with Crippen molar-refractivity contribution < 1.29 is 43.3 Å². The predicted octanol–water partition coefficient (Wildman–Crippen LogP) is -0.0710. The van der Waals surface area contributed by atoms with Crippen molar-refractivity contribution in [3.05, 3.63) is 35.1 Å². The number of hydrogen-bond acceptors (Lipinski definition) is 12. The van der Waals surface area contributed by atoms with E-state index < -0.39 is 64.4 Å². The highest BCUT2D eigenvalue weighted by Gasteiger charge is 2.69. The van der Waals surface area contributed by atoms with Gasteiger partial charge in [0.15, 0.2) is 34.7 Å². The monoisotopic (exact) mass is 610 g/mol. The van der Waals surface area contributed by atoms with Crippen LogP contribution in [0.25, 0.3) is 11.3 Å². The Labute approximate surface area is 254 Å². The minimum absolute atomic E-state index is 0.0170. The van der Waals surface area contributed by atoms with Crippen LogP contribution in [0.5, 0.6) is 5.75 Å². The molecule has 3 aliphatic carbocycles. The molecule has 2 unspecified atom stereocenters. The van der Waals surface area contributed by atoms with Crippen molar-refractivity contribution in [3.8, 4) is 17.1 Å². The molecule has 1 amide bonds. The summed E-state index contributed by atoms with van der Waals surface area (Å²) in [6.07, 6.45) is 0.150. The number of nitrogens with zero attached hydrogens (tertiary/aromatic N) is 2. The quantitative estimate of drug-likeness (QED) is 0.219. The number of aromatic hydroxyl groups is 1. The topological polar surface area (TPSA) is 193 Å². The second-order valence-corrected chi connectivity index (χ2v) is 12.3. The van der Waals surface area contributed by atoms with Crippen LogP contribution in [0.15, 0.2) is 22.6 Å². The van der Waals surface area contributed by atoms with Crippen molar-refractivity contribution in [3.63, 3.8) is 0 Å². The maximum absolute atomic E-state index is 14.2. The standard InChI is InChI=1S/C31H38N4O9/c1-34(2)19-12-17(20-7-6-15(44-20)13-33-8-9-43-5)25(36)22-16(19)10-14-11-18-24(35(3)4)27(38)23(30(32)41)29(40)31(18,42)28(39)21(14)26(22)37/h6-7,12,14,18,21,23-24,33,36,42H,8-11,13H2,1-5H3,(H2,32,41)/t14-,18-,21?,23?,24-,31-/m0/s1. The summed E-state index contributed by atoms with van der Waals surface area (Å²) in [6.45, 7) is 1.53. The lowest BCUT2D eigenvalue weighted by molar-refractivity contribution is -0.181. The van der Waals surface area contributed by atoms with Crippen molar-refractivity contribution in [2.24, 2.45) is 29.4 Å². The number of Topliss-reactive ketones (excluding diaryl/α,β-unsaturated/α-hetero) is 4. The van der Waals surface area contributed by atoms with Gasteiger partial charge in [-0.15, -0.1) is 0 Å². The van der Waals surface area contributed by atoms with Gasteiger partial charge in [0, 0.05) is 39.4 Å². The molecule has 2 fully saturated rings. The molecule has 0 saturated heterocycles. The molecule has 6 atom stereocenters. The Balaban J connectivity index is 1.59. The van der Waals surface area contributed by atoms with Gasteiger partial charge in [0.05, 0.1) is 36.2 Å². The number of primary amides is 1. The number of rotatable bonds is 9. The molecule has 0 radical (unpaired) electrons. The van der Waals surface area contributed by atoms with Gasteiger partial charge in [0.2, 0.25) is 5.91 Å². The van der Waals surface area contributed by atoms with Crippen LogP contribution in [0.4, 0.5) is 5.69 Å². The molecule has 5 N–H and O–H groups in total. The summed E-state index contributed by atoms with van der Waals surface area (Å²) in [5.74, 6) is -10.0. The third kappa shape index (κ3) is 4.74. The molecule has 3 aliphatic rings. The van der Waals surface area contributed by atoms with E-state index >= 15 is 0 Å². The fourth-order valence-corrected chi connectivity index (χ4v) is 7.24. The van der Waals surface area contributed by atoms with E-state index in [-0.39, 0.29) is 29.7 Å². The number of likely N-dealkylation sites (N-methyl/N-ethyl adjacent to an activating group) is 1. The number of phenols is 1. The average Bonchev–Trinajstić information content (AvgIpc) is 3.41. The molecule has 13 nitrogen and oxygen atoms in total. The number of ether oxygens (including phenoxy) is 1. The number of nitrogens with two attached hydrogens (primary N) is 1. The van der Waals surface area contributed by atoms with E-state index in [0.29, 0.717) is 42.5 Å². The number of hydrogen-bond donors (Lipinski definition) is 4. The van der Waals surface area contributed by atoms with Crippen molar-refractivity contribution >= 4 is 34.7 Å². The summed E-state index contributed by atoms with van der Waals surface area (Å²) in [5, 5.41) is 26.5. The molecule has 1 heterocycles. The van der Waals surface area contributed by atoms with Gasteiger partial charge in [-0.25, -0.2) is 0 Å². The first kappa shape index (κ1) is 31.5. The van der Waals surface area contributed by atoms with Crippen LogP contribution in [0.2, 0.25) is 0 Å². The van der Waals surface area contributed by atoms with Crippen molar-refractivity contribution in [2.75, 3.05) is 53.4 Å². The molecular weight excluding hydrogens is 572 g/mol. The van der Waals surface area contributed by atoms with E-state index in [0.717, 1.165) is 0 Å². The summed E-state index contributed by atoms with van der Waals surface area (Å²) < 4.78 is 11.0. The lowest BCUT2D eigenvalue weighted by Gasteiger charge is -2.52. The Morgan fingerprint density at radius 3 is 2.48 bits per heavy atom. The summed E-state index contributed by atoms with van der Waals surface area (Å²) in [5.41, 5.74) is 3.90. The Morgan fingerprint density at radius 1 is 1.16 bits per heavy atom. The van der Waals surface area contributed by atoms with Gasteiger partial charge in [-0.1, -0.05) is 0 Å². The van der Waals surface area contributed by atoms with Crippen molar-refractivity contribution in [1.29, 1.82) is 0 Å². The maximum atomic E-state index is 14.2. The number of ketones is 4. The number of aliphatic hydroxyl groups is 1.